The van der Waals surface area contributed by atoms with Crippen molar-refractivity contribution < 1.29 is 9.90 Å². The van der Waals surface area contributed by atoms with Crippen molar-refractivity contribution in [2.45, 2.75) is 0 Å². The second-order valence-corrected chi connectivity index (χ2v) is 2.02. The van der Waals surface area contributed by atoms with Crippen molar-refractivity contribution in [2.75, 3.05) is 0 Å². The van der Waals surface area contributed by atoms with Crippen LogP contribution in [0.5, 0.6) is 5.75 Å². The zero-order valence-corrected chi connectivity index (χ0v) is 5.66. The first-order valence-electron chi connectivity index (χ1n) is 2.99. The fourth-order valence-corrected chi connectivity index (χ4v) is 0.727. The summed E-state index contributed by atoms with van der Waals surface area (Å²) in [4.78, 5) is 10.2. The van der Waals surface area contributed by atoms with E-state index in [4.69, 9.17) is 11.5 Å². The quantitative estimate of drug-likeness (QED) is 0.365. The molecule has 0 atom stereocenters. The average Bonchev–Trinajstić information content (AvgIpc) is 2.05. The Hall–Kier alpha value is -1.75. The van der Waals surface area contributed by atoms with E-state index in [1.165, 1.54) is 18.2 Å². The third-order valence-corrected chi connectivity index (χ3v) is 1.30. The molecule has 1 aromatic carbocycles. The van der Waals surface area contributed by atoms with Crippen LogP contribution in [0, 0.1) is 12.3 Å². The van der Waals surface area contributed by atoms with Gasteiger partial charge in [0.15, 0.2) is 6.29 Å². The molecule has 0 bridgehead atoms. The van der Waals surface area contributed by atoms with Gasteiger partial charge in [-0.3, -0.25) is 10.7 Å². The molecular weight excluding hydrogens is 140 g/mol. The van der Waals surface area contributed by atoms with Crippen LogP contribution in [0.15, 0.2) is 18.2 Å². The van der Waals surface area contributed by atoms with Gasteiger partial charge < -0.3 is 11.5 Å². The number of carbonyl (C=O) groups is 1. The molecule has 0 radical (unpaired) electrons. The van der Waals surface area contributed by atoms with Gasteiger partial charge in [-0.15, -0.1) is 17.7 Å². The topological polar surface area (TPSA) is 37.3 Å². The lowest BCUT2D eigenvalue weighted by molar-refractivity contribution is 0.112. The van der Waals surface area contributed by atoms with Gasteiger partial charge in [-0.1, -0.05) is 0 Å². The summed E-state index contributed by atoms with van der Waals surface area (Å²) in [5, 5.41) is 9.01. The summed E-state index contributed by atoms with van der Waals surface area (Å²) in [5.74, 6) is 2.04. The number of hydrogen-bond acceptors (Lipinski definition) is 2. The Balaban J connectivity index is 3.25. The van der Waals surface area contributed by atoms with Crippen LogP contribution in [0.1, 0.15) is 15.9 Å². The smallest absolute Gasteiger partial charge is 0.152 e. The highest BCUT2D eigenvalue weighted by Crippen LogP contribution is 2.15. The normalized spacial score (nSPS) is 8.64. The van der Waals surface area contributed by atoms with E-state index in [0.29, 0.717) is 11.8 Å². The van der Waals surface area contributed by atoms with Crippen molar-refractivity contribution in [1.82, 2.24) is 0 Å². The molecule has 2 heteroatoms. The maximum absolute atomic E-state index is 10.2. The number of aldehydes is 1. The number of aromatic hydroxyl groups is 1. The first-order chi connectivity index (χ1) is 5.27. The second-order valence-electron chi connectivity index (χ2n) is 2.02. The molecule has 54 valence electrons. The summed E-state index contributed by atoms with van der Waals surface area (Å²) >= 11 is 0. The summed E-state index contributed by atoms with van der Waals surface area (Å²) in [6.45, 7) is 0. The summed E-state index contributed by atoms with van der Waals surface area (Å²) in [6, 6.07) is 4.27. The molecule has 0 heterocycles. The lowest BCUT2D eigenvalue weighted by Crippen LogP contribution is -1.82. The lowest BCUT2D eigenvalue weighted by atomic mass is 10.1. The molecule has 0 aliphatic heterocycles. The van der Waals surface area contributed by atoms with Crippen LogP contribution >= 0.6 is 0 Å². The van der Waals surface area contributed by atoms with E-state index in [1.807, 2.05) is 0 Å². The molecular formula is C9H5O2-. The summed E-state index contributed by atoms with van der Waals surface area (Å²) < 4.78 is 0. The molecule has 0 saturated heterocycles. The van der Waals surface area contributed by atoms with Gasteiger partial charge in [0.05, 0.1) is 0 Å². The molecule has 0 aliphatic rings. The highest BCUT2D eigenvalue weighted by molar-refractivity contribution is 5.79. The molecule has 0 unspecified atom stereocenters. The van der Waals surface area contributed by atoms with Gasteiger partial charge in [0.2, 0.25) is 0 Å². The number of phenolic OH excluding ortho intramolecular Hbond substituents is 1. The minimum Gasteiger partial charge on any atom is -0.507 e. The Morgan fingerprint density at radius 1 is 1.55 bits per heavy atom. The van der Waals surface area contributed by atoms with Gasteiger partial charge in [-0.2, -0.15) is 0 Å². The second kappa shape index (κ2) is 2.89. The molecule has 11 heavy (non-hydrogen) atoms. The van der Waals surface area contributed by atoms with Crippen LogP contribution in [0.2, 0.25) is 0 Å². The lowest BCUT2D eigenvalue weighted by Gasteiger charge is -2.02. The molecule has 0 aromatic heterocycles. The summed E-state index contributed by atoms with van der Waals surface area (Å²) in [6.07, 6.45) is 7.28. The Kier molecular flexibility index (Phi) is 1.93. The van der Waals surface area contributed by atoms with Crippen molar-refractivity contribution in [3.05, 3.63) is 35.7 Å². The van der Waals surface area contributed by atoms with Crippen molar-refractivity contribution >= 4 is 6.29 Å². The maximum atomic E-state index is 10.2. The fourth-order valence-electron chi connectivity index (χ4n) is 0.727. The predicted molar refractivity (Wildman–Crippen MR) is 39.7 cm³/mol. The predicted octanol–water partition coefficient (Wildman–Crippen LogP) is 1.14. The number of rotatable bonds is 1. The largest absolute Gasteiger partial charge is 0.507 e. The van der Waals surface area contributed by atoms with Gasteiger partial charge >= 0.3 is 0 Å². The summed E-state index contributed by atoms with van der Waals surface area (Å²) in [7, 11) is 0. The maximum Gasteiger partial charge on any atom is 0.152 e. The first kappa shape index (κ1) is 7.36. The van der Waals surface area contributed by atoms with Gasteiger partial charge in [-0.25, -0.2) is 0 Å². The molecule has 0 saturated carbocycles. The third kappa shape index (κ3) is 1.39. The third-order valence-electron chi connectivity index (χ3n) is 1.30. The first-order valence-corrected chi connectivity index (χ1v) is 2.99. The molecule has 2 nitrogen and oxygen atoms in total. The van der Waals surface area contributed by atoms with Crippen LogP contribution in [0.25, 0.3) is 0 Å². The van der Waals surface area contributed by atoms with Crippen molar-refractivity contribution in [3.8, 4) is 11.7 Å². The number of benzene rings is 1. The molecule has 0 spiro atoms. The minimum absolute atomic E-state index is 0.0704. The zero-order chi connectivity index (χ0) is 8.27. The monoisotopic (exact) mass is 145 g/mol. The molecule has 1 N–H and O–H groups in total. The molecule has 1 rings (SSSR count). The van der Waals surface area contributed by atoms with Crippen LogP contribution in [-0.2, 0) is 0 Å². The number of hydrogen-bond donors (Lipinski definition) is 1. The highest BCUT2D eigenvalue weighted by atomic mass is 16.3. The Morgan fingerprint density at radius 3 is 2.82 bits per heavy atom. The summed E-state index contributed by atoms with van der Waals surface area (Å²) in [5.41, 5.74) is 0.659. The van der Waals surface area contributed by atoms with Crippen molar-refractivity contribution in [3.63, 3.8) is 0 Å². The molecule has 0 fully saturated rings. The Morgan fingerprint density at radius 2 is 2.27 bits per heavy atom. The number of phenols is 1. The standard InChI is InChI=1S/C9H5O2/c1-2-7-3-4-9(11)8(5-7)6-10/h3-6,11H/q-1. The van der Waals surface area contributed by atoms with Crippen LogP contribution in [0.3, 0.4) is 0 Å². The van der Waals surface area contributed by atoms with E-state index in [9.17, 15) is 4.79 Å². The molecule has 1 aromatic rings. The molecule has 0 amide bonds. The average molecular weight is 145 g/mol. The van der Waals surface area contributed by atoms with Crippen molar-refractivity contribution in [1.29, 1.82) is 0 Å². The van der Waals surface area contributed by atoms with E-state index in [2.05, 4.69) is 5.92 Å². The zero-order valence-electron chi connectivity index (χ0n) is 5.66. The van der Waals surface area contributed by atoms with E-state index in [-0.39, 0.29) is 11.3 Å². The van der Waals surface area contributed by atoms with Gasteiger partial charge in [0, 0.05) is 5.56 Å². The SMILES string of the molecule is [C-]#Cc1ccc(O)c(C=O)c1. The van der Waals surface area contributed by atoms with Crippen LogP contribution in [-0.4, -0.2) is 11.4 Å². The van der Waals surface area contributed by atoms with Crippen molar-refractivity contribution in [2.24, 2.45) is 0 Å². The highest BCUT2D eigenvalue weighted by Gasteiger charge is 1.94. The Labute approximate surface area is 64.5 Å². The number of carbonyl (C=O) groups excluding carboxylic acids is 1. The van der Waals surface area contributed by atoms with Crippen LogP contribution < -0.4 is 0 Å². The van der Waals surface area contributed by atoms with E-state index >= 15 is 0 Å². The minimum atomic E-state index is -0.0704. The Bertz CT molecular complexity index is 321. The van der Waals surface area contributed by atoms with Gasteiger partial charge in [0.1, 0.15) is 5.75 Å². The fraction of sp³-hybridized carbons (Fsp3) is 0. The van der Waals surface area contributed by atoms with Gasteiger partial charge in [0.25, 0.3) is 0 Å². The van der Waals surface area contributed by atoms with E-state index < -0.39 is 0 Å². The van der Waals surface area contributed by atoms with E-state index in [1.54, 1.807) is 0 Å². The van der Waals surface area contributed by atoms with E-state index in [0.717, 1.165) is 0 Å². The van der Waals surface area contributed by atoms with Crippen LogP contribution in [0.4, 0.5) is 0 Å². The van der Waals surface area contributed by atoms with Gasteiger partial charge in [-0.05, 0) is 6.07 Å². The molecule has 0 aliphatic carbocycles.